The summed E-state index contributed by atoms with van der Waals surface area (Å²) in [5, 5.41) is 7.53. The Morgan fingerprint density at radius 1 is 1.77 bits per heavy atom. The molecule has 0 amide bonds. The van der Waals surface area contributed by atoms with Crippen molar-refractivity contribution in [2.24, 2.45) is 7.05 Å². The van der Waals surface area contributed by atoms with Crippen molar-refractivity contribution in [1.29, 1.82) is 0 Å². The van der Waals surface area contributed by atoms with E-state index in [0.717, 1.165) is 11.4 Å². The van der Waals surface area contributed by atoms with Crippen LogP contribution in [-0.2, 0) is 7.05 Å². The van der Waals surface area contributed by atoms with E-state index >= 15 is 0 Å². The Kier molecular flexibility index (Phi) is 3.10. The van der Waals surface area contributed by atoms with Gasteiger partial charge in [0.15, 0.2) is 0 Å². The molecule has 70 valence electrons. The molecule has 1 aromatic heterocycles. The molecule has 0 aliphatic carbocycles. The van der Waals surface area contributed by atoms with Crippen LogP contribution in [0, 0.1) is 19.3 Å². The number of terminal acetylenes is 1. The summed E-state index contributed by atoms with van der Waals surface area (Å²) in [4.78, 5) is 0. The molecule has 0 saturated heterocycles. The van der Waals surface area contributed by atoms with Gasteiger partial charge in [-0.1, -0.05) is 5.92 Å². The van der Waals surface area contributed by atoms with Crippen molar-refractivity contribution in [3.63, 3.8) is 0 Å². The molecule has 1 atom stereocenters. The third kappa shape index (κ3) is 2.33. The average molecular weight is 177 g/mol. The molecule has 1 unspecified atom stereocenters. The van der Waals surface area contributed by atoms with Crippen LogP contribution >= 0.6 is 0 Å². The van der Waals surface area contributed by atoms with Crippen LogP contribution in [0.2, 0.25) is 0 Å². The Labute approximate surface area is 79.1 Å². The number of aromatic nitrogens is 2. The van der Waals surface area contributed by atoms with Crippen LogP contribution in [0.5, 0.6) is 0 Å². The zero-order valence-electron chi connectivity index (χ0n) is 8.33. The minimum Gasteiger partial charge on any atom is -0.298 e. The summed E-state index contributed by atoms with van der Waals surface area (Å²) in [6.07, 6.45) is 5.15. The number of hydrogen-bond acceptors (Lipinski definition) is 2. The molecule has 0 fully saturated rings. The number of hydrogen-bond donors (Lipinski definition) is 1. The maximum absolute atomic E-state index is 5.15. The van der Waals surface area contributed by atoms with Crippen LogP contribution in [-0.4, -0.2) is 16.3 Å². The Morgan fingerprint density at radius 2 is 2.46 bits per heavy atom. The van der Waals surface area contributed by atoms with E-state index in [9.17, 15) is 0 Å². The Morgan fingerprint density at radius 3 is 2.92 bits per heavy atom. The minimum atomic E-state index is 0.218. The molecule has 1 N–H and O–H groups in total. The fourth-order valence-electron chi connectivity index (χ4n) is 1.12. The lowest BCUT2D eigenvalue weighted by atomic mass is 10.2. The van der Waals surface area contributed by atoms with E-state index in [0.29, 0.717) is 6.54 Å². The van der Waals surface area contributed by atoms with Crippen LogP contribution in [0.4, 0.5) is 0 Å². The maximum Gasteiger partial charge on any atom is 0.0794 e. The number of rotatable bonds is 3. The van der Waals surface area contributed by atoms with E-state index < -0.39 is 0 Å². The zero-order chi connectivity index (χ0) is 9.84. The van der Waals surface area contributed by atoms with Crippen molar-refractivity contribution < 1.29 is 0 Å². The molecule has 1 aromatic rings. The van der Waals surface area contributed by atoms with Gasteiger partial charge in [-0.05, 0) is 19.9 Å². The molecule has 13 heavy (non-hydrogen) atoms. The molecule has 0 aliphatic rings. The Hall–Kier alpha value is -1.27. The number of aryl methyl sites for hydroxylation is 2. The molecule has 0 spiro atoms. The van der Waals surface area contributed by atoms with Crippen LogP contribution in [0.3, 0.4) is 0 Å². The topological polar surface area (TPSA) is 29.9 Å². The van der Waals surface area contributed by atoms with Gasteiger partial charge in [-0.3, -0.25) is 10.00 Å². The van der Waals surface area contributed by atoms with Crippen molar-refractivity contribution in [3.05, 3.63) is 17.5 Å². The highest BCUT2D eigenvalue weighted by atomic mass is 15.3. The Bertz CT molecular complexity index is 300. The standard InChI is InChI=1S/C10H15N3/c1-5-6-11-9(3)10-7-8(2)13(4)12-10/h1,7,9,11H,6H2,2-4H3. The van der Waals surface area contributed by atoms with E-state index in [1.807, 2.05) is 18.7 Å². The maximum atomic E-state index is 5.15. The third-order valence-corrected chi connectivity index (χ3v) is 2.09. The fraction of sp³-hybridized carbons (Fsp3) is 0.500. The molecule has 1 heterocycles. The highest BCUT2D eigenvalue weighted by Crippen LogP contribution is 2.10. The highest BCUT2D eigenvalue weighted by molar-refractivity contribution is 5.12. The molecule has 0 radical (unpaired) electrons. The van der Waals surface area contributed by atoms with Gasteiger partial charge >= 0.3 is 0 Å². The molecule has 0 aromatic carbocycles. The third-order valence-electron chi connectivity index (χ3n) is 2.09. The monoisotopic (exact) mass is 177 g/mol. The van der Waals surface area contributed by atoms with Gasteiger partial charge in [0.2, 0.25) is 0 Å². The fourth-order valence-corrected chi connectivity index (χ4v) is 1.12. The zero-order valence-corrected chi connectivity index (χ0v) is 8.33. The van der Waals surface area contributed by atoms with Gasteiger partial charge in [-0.2, -0.15) is 5.10 Å². The van der Waals surface area contributed by atoms with Gasteiger partial charge in [0.25, 0.3) is 0 Å². The molecule has 0 aliphatic heterocycles. The summed E-state index contributed by atoms with van der Waals surface area (Å²) in [5.41, 5.74) is 2.19. The summed E-state index contributed by atoms with van der Waals surface area (Å²) in [6, 6.07) is 2.28. The number of nitrogens with one attached hydrogen (secondary N) is 1. The quantitative estimate of drug-likeness (QED) is 0.698. The van der Waals surface area contributed by atoms with Crippen molar-refractivity contribution in [2.45, 2.75) is 19.9 Å². The van der Waals surface area contributed by atoms with Gasteiger partial charge in [0.1, 0.15) is 0 Å². The summed E-state index contributed by atoms with van der Waals surface area (Å²) in [5.74, 6) is 2.54. The van der Waals surface area contributed by atoms with Gasteiger partial charge in [-0.25, -0.2) is 0 Å². The second-order valence-electron chi connectivity index (χ2n) is 3.14. The van der Waals surface area contributed by atoms with E-state index in [-0.39, 0.29) is 6.04 Å². The van der Waals surface area contributed by atoms with Crippen molar-refractivity contribution in [1.82, 2.24) is 15.1 Å². The van der Waals surface area contributed by atoms with E-state index in [1.165, 1.54) is 0 Å². The summed E-state index contributed by atoms with van der Waals surface area (Å²) < 4.78 is 1.86. The minimum absolute atomic E-state index is 0.218. The Balaban J connectivity index is 2.67. The van der Waals surface area contributed by atoms with Crippen LogP contribution in [0.15, 0.2) is 6.07 Å². The van der Waals surface area contributed by atoms with Gasteiger partial charge < -0.3 is 0 Å². The first kappa shape index (κ1) is 9.82. The largest absolute Gasteiger partial charge is 0.298 e. The molecular weight excluding hydrogens is 162 g/mol. The molecule has 3 heteroatoms. The smallest absolute Gasteiger partial charge is 0.0794 e. The normalized spacial score (nSPS) is 12.5. The lowest BCUT2D eigenvalue weighted by molar-refractivity contribution is 0.589. The first-order valence-electron chi connectivity index (χ1n) is 4.32. The molecule has 0 bridgehead atoms. The van der Waals surface area contributed by atoms with Crippen molar-refractivity contribution >= 4 is 0 Å². The average Bonchev–Trinajstić information content (AvgIpc) is 2.43. The molecule has 1 rings (SSSR count). The second kappa shape index (κ2) is 4.11. The predicted octanol–water partition coefficient (Wildman–Crippen LogP) is 1.01. The lowest BCUT2D eigenvalue weighted by Gasteiger charge is -2.07. The first-order valence-corrected chi connectivity index (χ1v) is 4.32. The molecule has 3 nitrogen and oxygen atoms in total. The van der Waals surface area contributed by atoms with Gasteiger partial charge in [-0.15, -0.1) is 6.42 Å². The molecular formula is C10H15N3. The molecule has 0 saturated carbocycles. The van der Waals surface area contributed by atoms with E-state index in [4.69, 9.17) is 6.42 Å². The highest BCUT2D eigenvalue weighted by Gasteiger charge is 2.08. The number of nitrogens with zero attached hydrogens (tertiary/aromatic N) is 2. The SMILES string of the molecule is C#CCNC(C)c1cc(C)n(C)n1. The summed E-state index contributed by atoms with van der Waals surface area (Å²) >= 11 is 0. The summed E-state index contributed by atoms with van der Waals surface area (Å²) in [7, 11) is 1.94. The lowest BCUT2D eigenvalue weighted by Crippen LogP contribution is -2.19. The first-order chi connectivity index (χ1) is 6.15. The van der Waals surface area contributed by atoms with Crippen LogP contribution in [0.1, 0.15) is 24.4 Å². The van der Waals surface area contributed by atoms with E-state index in [2.05, 4.69) is 29.3 Å². The van der Waals surface area contributed by atoms with E-state index in [1.54, 1.807) is 0 Å². The van der Waals surface area contributed by atoms with Gasteiger partial charge in [0.05, 0.1) is 12.2 Å². The van der Waals surface area contributed by atoms with Crippen LogP contribution < -0.4 is 5.32 Å². The summed E-state index contributed by atoms with van der Waals surface area (Å²) in [6.45, 7) is 4.67. The van der Waals surface area contributed by atoms with Crippen molar-refractivity contribution in [2.75, 3.05) is 6.54 Å². The van der Waals surface area contributed by atoms with Crippen LogP contribution in [0.25, 0.3) is 0 Å². The van der Waals surface area contributed by atoms with Gasteiger partial charge in [0, 0.05) is 18.8 Å². The van der Waals surface area contributed by atoms with Crippen molar-refractivity contribution in [3.8, 4) is 12.3 Å². The predicted molar refractivity (Wildman–Crippen MR) is 53.2 cm³/mol. The second-order valence-corrected chi connectivity index (χ2v) is 3.14.